The van der Waals surface area contributed by atoms with Gasteiger partial charge in [0.2, 0.25) is 0 Å². The number of hydrogen-bond donors (Lipinski definition) is 2. The van der Waals surface area contributed by atoms with E-state index in [0.717, 1.165) is 5.69 Å². The van der Waals surface area contributed by atoms with Crippen LogP contribution in [0, 0.1) is 12.7 Å². The fourth-order valence-electron chi connectivity index (χ4n) is 1.42. The SMILES string of the molecule is Cc1ccc(NCc2ccc(O)cn2)cc1F. The molecule has 0 amide bonds. The molecule has 0 aliphatic rings. The van der Waals surface area contributed by atoms with Gasteiger partial charge in [0.25, 0.3) is 0 Å². The minimum absolute atomic E-state index is 0.134. The monoisotopic (exact) mass is 232 g/mol. The van der Waals surface area contributed by atoms with Gasteiger partial charge >= 0.3 is 0 Å². The minimum atomic E-state index is -0.228. The Hall–Kier alpha value is -2.10. The molecule has 0 spiro atoms. The molecule has 0 saturated carbocycles. The number of pyridine rings is 1. The van der Waals surface area contributed by atoms with Crippen LogP contribution in [0.15, 0.2) is 36.5 Å². The number of benzene rings is 1. The van der Waals surface area contributed by atoms with E-state index >= 15 is 0 Å². The van der Waals surface area contributed by atoms with Crippen molar-refractivity contribution in [3.63, 3.8) is 0 Å². The number of halogens is 1. The van der Waals surface area contributed by atoms with Gasteiger partial charge in [-0.05, 0) is 36.8 Å². The van der Waals surface area contributed by atoms with Crippen LogP contribution in [0.1, 0.15) is 11.3 Å². The van der Waals surface area contributed by atoms with E-state index in [-0.39, 0.29) is 11.6 Å². The number of nitrogens with one attached hydrogen (secondary N) is 1. The molecule has 1 aromatic heterocycles. The molecule has 0 atom stereocenters. The first-order chi connectivity index (χ1) is 8.15. The minimum Gasteiger partial charge on any atom is -0.506 e. The zero-order chi connectivity index (χ0) is 12.3. The Kier molecular flexibility index (Phi) is 3.23. The predicted octanol–water partition coefficient (Wildman–Crippen LogP) is 2.85. The van der Waals surface area contributed by atoms with Gasteiger partial charge in [-0.2, -0.15) is 0 Å². The van der Waals surface area contributed by atoms with Gasteiger partial charge in [-0.1, -0.05) is 6.07 Å². The first-order valence-corrected chi connectivity index (χ1v) is 5.29. The van der Waals surface area contributed by atoms with E-state index in [0.29, 0.717) is 17.8 Å². The Labute approximate surface area is 98.9 Å². The lowest BCUT2D eigenvalue weighted by Gasteiger charge is -2.07. The van der Waals surface area contributed by atoms with Crippen LogP contribution < -0.4 is 5.32 Å². The van der Waals surface area contributed by atoms with Gasteiger partial charge in [-0.25, -0.2) is 4.39 Å². The average Bonchev–Trinajstić information content (AvgIpc) is 2.33. The number of anilines is 1. The molecule has 0 unspecified atom stereocenters. The maximum absolute atomic E-state index is 13.3. The third-order valence-corrected chi connectivity index (χ3v) is 2.45. The van der Waals surface area contributed by atoms with E-state index in [4.69, 9.17) is 5.11 Å². The molecule has 0 saturated heterocycles. The van der Waals surface area contributed by atoms with Crippen LogP contribution in [0.5, 0.6) is 5.75 Å². The Morgan fingerprint density at radius 3 is 2.76 bits per heavy atom. The van der Waals surface area contributed by atoms with Crippen molar-refractivity contribution < 1.29 is 9.50 Å². The molecule has 0 fully saturated rings. The topological polar surface area (TPSA) is 45.1 Å². The van der Waals surface area contributed by atoms with Crippen LogP contribution in [0.2, 0.25) is 0 Å². The van der Waals surface area contributed by atoms with E-state index in [1.807, 2.05) is 6.07 Å². The molecule has 0 bridgehead atoms. The number of aromatic nitrogens is 1. The highest BCUT2D eigenvalue weighted by atomic mass is 19.1. The molecule has 2 aromatic rings. The summed E-state index contributed by atoms with van der Waals surface area (Å²) in [6.07, 6.45) is 1.38. The molecule has 1 heterocycles. The van der Waals surface area contributed by atoms with Crippen LogP contribution in [0.4, 0.5) is 10.1 Å². The fourth-order valence-corrected chi connectivity index (χ4v) is 1.42. The van der Waals surface area contributed by atoms with Crippen molar-refractivity contribution in [1.29, 1.82) is 0 Å². The van der Waals surface area contributed by atoms with E-state index in [2.05, 4.69) is 10.3 Å². The molecule has 2 N–H and O–H groups in total. The second kappa shape index (κ2) is 4.82. The van der Waals surface area contributed by atoms with Gasteiger partial charge < -0.3 is 10.4 Å². The smallest absolute Gasteiger partial charge is 0.133 e. The number of aryl methyl sites for hydroxylation is 1. The lowest BCUT2D eigenvalue weighted by Crippen LogP contribution is -2.01. The van der Waals surface area contributed by atoms with Crippen LogP contribution in [-0.4, -0.2) is 10.1 Å². The third kappa shape index (κ3) is 2.93. The maximum atomic E-state index is 13.3. The summed E-state index contributed by atoms with van der Waals surface area (Å²) in [5.74, 6) is -0.0937. The number of aromatic hydroxyl groups is 1. The van der Waals surface area contributed by atoms with Gasteiger partial charge in [0.05, 0.1) is 18.4 Å². The Bertz CT molecular complexity index is 511. The molecule has 4 heteroatoms. The molecule has 17 heavy (non-hydrogen) atoms. The van der Waals surface area contributed by atoms with Crippen molar-refractivity contribution in [2.75, 3.05) is 5.32 Å². The highest BCUT2D eigenvalue weighted by molar-refractivity contribution is 5.45. The fraction of sp³-hybridized carbons (Fsp3) is 0.154. The van der Waals surface area contributed by atoms with Crippen molar-refractivity contribution in [2.24, 2.45) is 0 Å². The number of rotatable bonds is 3. The van der Waals surface area contributed by atoms with Gasteiger partial charge in [0.1, 0.15) is 11.6 Å². The molecule has 0 radical (unpaired) electrons. The predicted molar refractivity (Wildman–Crippen MR) is 64.4 cm³/mol. The van der Waals surface area contributed by atoms with Crippen molar-refractivity contribution in [2.45, 2.75) is 13.5 Å². The Morgan fingerprint density at radius 1 is 1.29 bits per heavy atom. The maximum Gasteiger partial charge on any atom is 0.133 e. The lowest BCUT2D eigenvalue weighted by molar-refractivity contribution is 0.472. The normalized spacial score (nSPS) is 10.2. The van der Waals surface area contributed by atoms with Gasteiger partial charge in [0, 0.05) is 5.69 Å². The molecule has 3 nitrogen and oxygen atoms in total. The molecular formula is C13H13FN2O. The number of hydrogen-bond acceptors (Lipinski definition) is 3. The molecule has 88 valence electrons. The first kappa shape index (κ1) is 11.4. The molecule has 1 aromatic carbocycles. The Morgan fingerprint density at radius 2 is 2.12 bits per heavy atom. The summed E-state index contributed by atoms with van der Waals surface area (Å²) in [7, 11) is 0. The van der Waals surface area contributed by atoms with Crippen molar-refractivity contribution in [1.82, 2.24) is 4.98 Å². The molecule has 2 rings (SSSR count). The first-order valence-electron chi connectivity index (χ1n) is 5.29. The zero-order valence-electron chi connectivity index (χ0n) is 9.44. The van der Waals surface area contributed by atoms with E-state index in [1.54, 1.807) is 25.1 Å². The summed E-state index contributed by atoms with van der Waals surface area (Å²) in [4.78, 5) is 4.03. The molecule has 0 aliphatic heterocycles. The van der Waals surface area contributed by atoms with Gasteiger partial charge in [-0.15, -0.1) is 0 Å². The van der Waals surface area contributed by atoms with E-state index in [1.165, 1.54) is 12.3 Å². The summed E-state index contributed by atoms with van der Waals surface area (Å²) in [6, 6.07) is 8.28. The summed E-state index contributed by atoms with van der Waals surface area (Å²) in [5.41, 5.74) is 2.12. The second-order valence-electron chi connectivity index (χ2n) is 3.83. The summed E-state index contributed by atoms with van der Waals surface area (Å²) in [6.45, 7) is 2.21. The van der Waals surface area contributed by atoms with Crippen LogP contribution in [0.3, 0.4) is 0 Å². The standard InChI is InChI=1S/C13H13FN2O/c1-9-2-3-10(6-13(9)14)15-7-11-4-5-12(17)8-16-11/h2-6,8,15,17H,7H2,1H3. The van der Waals surface area contributed by atoms with Crippen molar-refractivity contribution in [3.05, 3.63) is 53.6 Å². The Balaban J connectivity index is 2.02. The van der Waals surface area contributed by atoms with Crippen LogP contribution >= 0.6 is 0 Å². The summed E-state index contributed by atoms with van der Waals surface area (Å²) >= 11 is 0. The molecular weight excluding hydrogens is 219 g/mol. The summed E-state index contributed by atoms with van der Waals surface area (Å²) in [5, 5.41) is 12.1. The van der Waals surface area contributed by atoms with Crippen LogP contribution in [-0.2, 0) is 6.54 Å². The van der Waals surface area contributed by atoms with E-state index in [9.17, 15) is 4.39 Å². The van der Waals surface area contributed by atoms with Crippen molar-refractivity contribution >= 4 is 5.69 Å². The lowest BCUT2D eigenvalue weighted by atomic mass is 10.2. The highest BCUT2D eigenvalue weighted by Crippen LogP contribution is 2.14. The zero-order valence-corrected chi connectivity index (χ0v) is 9.44. The van der Waals surface area contributed by atoms with Crippen LogP contribution in [0.25, 0.3) is 0 Å². The average molecular weight is 232 g/mol. The quantitative estimate of drug-likeness (QED) is 0.855. The summed E-state index contributed by atoms with van der Waals surface area (Å²) < 4.78 is 13.3. The third-order valence-electron chi connectivity index (χ3n) is 2.45. The van der Waals surface area contributed by atoms with E-state index < -0.39 is 0 Å². The number of nitrogens with zero attached hydrogens (tertiary/aromatic N) is 1. The second-order valence-corrected chi connectivity index (χ2v) is 3.83. The largest absolute Gasteiger partial charge is 0.506 e. The molecule has 0 aliphatic carbocycles. The van der Waals surface area contributed by atoms with Crippen molar-refractivity contribution in [3.8, 4) is 5.75 Å². The highest BCUT2D eigenvalue weighted by Gasteiger charge is 2.00. The van der Waals surface area contributed by atoms with Gasteiger partial charge in [0.15, 0.2) is 0 Å². The van der Waals surface area contributed by atoms with Gasteiger partial charge in [-0.3, -0.25) is 4.98 Å².